The van der Waals surface area contributed by atoms with Crippen molar-refractivity contribution in [3.8, 4) is 0 Å². The first-order valence-electron chi connectivity index (χ1n) is 5.62. The minimum absolute atomic E-state index is 0.100. The number of carboxylic acids is 1. The van der Waals surface area contributed by atoms with Gasteiger partial charge in [0.25, 0.3) is 5.91 Å². The minimum atomic E-state index is -1.15. The summed E-state index contributed by atoms with van der Waals surface area (Å²) < 4.78 is 0. The second kappa shape index (κ2) is 5.62. The maximum absolute atomic E-state index is 12.0. The van der Waals surface area contributed by atoms with E-state index in [-0.39, 0.29) is 23.3 Å². The van der Waals surface area contributed by atoms with Crippen molar-refractivity contribution >= 4 is 23.2 Å². The number of nitrogens with zero attached hydrogens (tertiary/aromatic N) is 1. The van der Waals surface area contributed by atoms with Crippen molar-refractivity contribution in [3.05, 3.63) is 52.0 Å². The van der Waals surface area contributed by atoms with E-state index in [4.69, 9.17) is 5.11 Å². The molecule has 0 spiro atoms. The van der Waals surface area contributed by atoms with Crippen molar-refractivity contribution in [3.63, 3.8) is 0 Å². The molecule has 0 aliphatic carbocycles. The third-order valence-corrected chi connectivity index (χ3v) is 3.57. The van der Waals surface area contributed by atoms with Gasteiger partial charge >= 0.3 is 5.97 Å². The maximum atomic E-state index is 12.0. The molecule has 2 rings (SSSR count). The molecule has 1 amide bonds. The molecule has 2 aromatic heterocycles. The number of amides is 1. The van der Waals surface area contributed by atoms with Crippen molar-refractivity contribution in [2.45, 2.75) is 13.0 Å². The molecule has 0 aromatic carbocycles. The Hall–Kier alpha value is -2.21. The molecule has 0 bridgehead atoms. The summed E-state index contributed by atoms with van der Waals surface area (Å²) in [5.74, 6) is -1.54. The van der Waals surface area contributed by atoms with Crippen LogP contribution < -0.4 is 5.32 Å². The number of carbonyl (C=O) groups excluding carboxylic acids is 1. The van der Waals surface area contributed by atoms with E-state index in [1.807, 2.05) is 24.4 Å². The van der Waals surface area contributed by atoms with Crippen molar-refractivity contribution in [2.24, 2.45) is 0 Å². The molecule has 5 nitrogen and oxygen atoms in total. The van der Waals surface area contributed by atoms with E-state index in [1.54, 1.807) is 11.3 Å². The van der Waals surface area contributed by atoms with Gasteiger partial charge in [0.15, 0.2) is 0 Å². The fourth-order valence-corrected chi connectivity index (χ4v) is 2.29. The second-order valence-electron chi connectivity index (χ2n) is 3.92. The zero-order valence-corrected chi connectivity index (χ0v) is 11.0. The van der Waals surface area contributed by atoms with E-state index in [0.717, 1.165) is 4.88 Å². The van der Waals surface area contributed by atoms with Gasteiger partial charge in [0.05, 0.1) is 6.04 Å². The molecule has 1 unspecified atom stereocenters. The fraction of sp³-hybridized carbons (Fsp3) is 0.154. The highest BCUT2D eigenvalue weighted by Gasteiger charge is 2.14. The molecule has 0 saturated carbocycles. The molecule has 2 N–H and O–H groups in total. The van der Waals surface area contributed by atoms with E-state index < -0.39 is 5.97 Å². The molecular formula is C13H12N2O3S. The van der Waals surface area contributed by atoms with Gasteiger partial charge in [-0.05, 0) is 30.5 Å². The normalized spacial score (nSPS) is 11.8. The number of rotatable bonds is 4. The van der Waals surface area contributed by atoms with E-state index in [1.165, 1.54) is 18.2 Å². The highest BCUT2D eigenvalue weighted by molar-refractivity contribution is 7.10. The lowest BCUT2D eigenvalue weighted by molar-refractivity contribution is 0.0690. The molecule has 19 heavy (non-hydrogen) atoms. The topological polar surface area (TPSA) is 79.3 Å². The van der Waals surface area contributed by atoms with Crippen molar-refractivity contribution in [1.29, 1.82) is 0 Å². The summed E-state index contributed by atoms with van der Waals surface area (Å²) in [7, 11) is 0. The molecule has 2 heterocycles. The Morgan fingerprint density at radius 1 is 1.26 bits per heavy atom. The summed E-state index contributed by atoms with van der Waals surface area (Å²) in [5.41, 5.74) is -0.0419. The number of hydrogen-bond acceptors (Lipinski definition) is 4. The Kier molecular flexibility index (Phi) is 3.91. The average molecular weight is 276 g/mol. The van der Waals surface area contributed by atoms with Gasteiger partial charge in [-0.2, -0.15) is 0 Å². The number of nitrogens with one attached hydrogen (secondary N) is 1. The van der Waals surface area contributed by atoms with Crippen LogP contribution in [0.4, 0.5) is 0 Å². The summed E-state index contributed by atoms with van der Waals surface area (Å²) in [4.78, 5) is 27.6. The molecule has 2 aromatic rings. The van der Waals surface area contributed by atoms with Crippen LogP contribution in [0.5, 0.6) is 0 Å². The summed E-state index contributed by atoms with van der Waals surface area (Å²) in [5, 5.41) is 13.5. The number of aromatic carboxylic acids is 1. The van der Waals surface area contributed by atoms with Crippen LogP contribution in [0.15, 0.2) is 35.7 Å². The molecule has 0 fully saturated rings. The van der Waals surface area contributed by atoms with Gasteiger partial charge < -0.3 is 10.4 Å². The molecular weight excluding hydrogens is 264 g/mol. The van der Waals surface area contributed by atoms with Crippen molar-refractivity contribution < 1.29 is 14.7 Å². The van der Waals surface area contributed by atoms with E-state index in [0.29, 0.717) is 0 Å². The number of thiophene rings is 1. The predicted octanol–water partition coefficient (Wildman–Crippen LogP) is 2.33. The highest BCUT2D eigenvalue weighted by Crippen LogP contribution is 2.18. The Bertz CT molecular complexity index is 596. The summed E-state index contributed by atoms with van der Waals surface area (Å²) in [6.45, 7) is 1.87. The number of aromatic nitrogens is 1. The van der Waals surface area contributed by atoms with E-state index >= 15 is 0 Å². The average Bonchev–Trinajstić information content (AvgIpc) is 2.92. The first-order chi connectivity index (χ1) is 9.08. The lowest BCUT2D eigenvalue weighted by Gasteiger charge is -2.11. The Morgan fingerprint density at radius 3 is 2.63 bits per heavy atom. The maximum Gasteiger partial charge on any atom is 0.354 e. The van der Waals surface area contributed by atoms with Crippen LogP contribution in [0.2, 0.25) is 0 Å². The van der Waals surface area contributed by atoms with E-state index in [2.05, 4.69) is 10.3 Å². The zero-order chi connectivity index (χ0) is 13.8. The molecule has 0 aliphatic rings. The molecule has 0 saturated heterocycles. The van der Waals surface area contributed by atoms with Gasteiger partial charge in [0, 0.05) is 4.88 Å². The number of carbonyl (C=O) groups is 2. The molecule has 0 radical (unpaired) electrons. The van der Waals surface area contributed by atoms with Crippen LogP contribution >= 0.6 is 11.3 Å². The van der Waals surface area contributed by atoms with Crippen LogP contribution in [0.3, 0.4) is 0 Å². The van der Waals surface area contributed by atoms with Crippen LogP contribution in [0.1, 0.15) is 38.8 Å². The number of pyridine rings is 1. The van der Waals surface area contributed by atoms with Crippen LogP contribution in [-0.4, -0.2) is 22.0 Å². The van der Waals surface area contributed by atoms with Crippen LogP contribution in [0, 0.1) is 0 Å². The first kappa shape index (κ1) is 13.2. The lowest BCUT2D eigenvalue weighted by atomic mass is 10.2. The number of hydrogen-bond donors (Lipinski definition) is 2. The Labute approximate surface area is 113 Å². The monoisotopic (exact) mass is 276 g/mol. The SMILES string of the molecule is CC(NC(=O)c1cccc(C(=O)O)n1)c1cccs1. The van der Waals surface area contributed by atoms with Gasteiger partial charge in [-0.25, -0.2) is 9.78 Å². The van der Waals surface area contributed by atoms with Crippen molar-refractivity contribution in [1.82, 2.24) is 10.3 Å². The van der Waals surface area contributed by atoms with Gasteiger partial charge in [-0.15, -0.1) is 11.3 Å². The minimum Gasteiger partial charge on any atom is -0.477 e. The van der Waals surface area contributed by atoms with Gasteiger partial charge in [0.1, 0.15) is 11.4 Å². The summed E-state index contributed by atoms with van der Waals surface area (Å²) in [6, 6.07) is 8.04. The third-order valence-electron chi connectivity index (χ3n) is 2.52. The quantitative estimate of drug-likeness (QED) is 0.898. The predicted molar refractivity (Wildman–Crippen MR) is 71.4 cm³/mol. The molecule has 98 valence electrons. The third kappa shape index (κ3) is 3.17. The second-order valence-corrected chi connectivity index (χ2v) is 4.90. The summed E-state index contributed by atoms with van der Waals surface area (Å²) >= 11 is 1.55. The fourth-order valence-electron chi connectivity index (χ4n) is 1.56. The van der Waals surface area contributed by atoms with Gasteiger partial charge in [-0.1, -0.05) is 12.1 Å². The van der Waals surface area contributed by atoms with Crippen molar-refractivity contribution in [2.75, 3.05) is 0 Å². The standard InChI is InChI=1S/C13H12N2O3S/c1-8(11-6-3-7-19-11)14-12(16)9-4-2-5-10(15-9)13(17)18/h2-8H,1H3,(H,14,16)(H,17,18). The van der Waals surface area contributed by atoms with Gasteiger partial charge in [-0.3, -0.25) is 4.79 Å². The molecule has 1 atom stereocenters. The summed E-state index contributed by atoms with van der Waals surface area (Å²) in [6.07, 6.45) is 0. The first-order valence-corrected chi connectivity index (χ1v) is 6.50. The smallest absolute Gasteiger partial charge is 0.354 e. The van der Waals surface area contributed by atoms with E-state index in [9.17, 15) is 9.59 Å². The largest absolute Gasteiger partial charge is 0.477 e. The lowest BCUT2D eigenvalue weighted by Crippen LogP contribution is -2.27. The zero-order valence-electron chi connectivity index (χ0n) is 10.2. The van der Waals surface area contributed by atoms with Crippen LogP contribution in [-0.2, 0) is 0 Å². The molecule has 0 aliphatic heterocycles. The Balaban J connectivity index is 2.12. The van der Waals surface area contributed by atoms with Gasteiger partial charge in [0.2, 0.25) is 0 Å². The molecule has 6 heteroatoms. The van der Waals surface area contributed by atoms with Crippen LogP contribution in [0.25, 0.3) is 0 Å². The number of carboxylic acid groups (broad SMARTS) is 1. The Morgan fingerprint density at radius 2 is 2.00 bits per heavy atom. The highest BCUT2D eigenvalue weighted by atomic mass is 32.1.